The van der Waals surface area contributed by atoms with Crippen LogP contribution in [0.2, 0.25) is 0 Å². The minimum Gasteiger partial charge on any atom is -0.510 e. The fraction of sp³-hybridized carbons (Fsp3) is 0.519. The van der Waals surface area contributed by atoms with E-state index in [9.17, 15) is 48.0 Å². The monoisotopic (exact) mass is 581 g/mol. The number of rotatable bonds is 5. The van der Waals surface area contributed by atoms with E-state index in [2.05, 4.69) is 0 Å². The first-order chi connectivity index (χ1) is 19.1. The van der Waals surface area contributed by atoms with Crippen LogP contribution in [-0.4, -0.2) is 80.8 Å². The molecule has 0 unspecified atom stereocenters. The van der Waals surface area contributed by atoms with E-state index in [4.69, 9.17) is 16.2 Å². The van der Waals surface area contributed by atoms with Gasteiger partial charge in [0.05, 0.1) is 25.1 Å². The number of hydrogen-bond acceptors (Lipinski definition) is 10. The standard InChI is InChI=1S/C27H30F3N3O8/c1-41-22-11(14-3-2-5-33(14)6-4-26(28,29)30)9-15(34)17-12(22)7-10-8-13-19(31)21(36)18(25(32)39)24(38)27(13,40)23(37)16(10)20(17)35/h9-10,13-14,19,34,36-37,40H,2-8,31H2,1H3,(H2,32,39)/t10-,13-,14-,19-,27-/m0/s1. The third-order valence-electron chi connectivity index (χ3n) is 8.84. The number of amides is 1. The van der Waals surface area contributed by atoms with Gasteiger partial charge >= 0.3 is 6.18 Å². The molecule has 0 radical (unpaired) electrons. The van der Waals surface area contributed by atoms with Gasteiger partial charge in [0.1, 0.15) is 28.6 Å². The first-order valence-corrected chi connectivity index (χ1v) is 13.1. The van der Waals surface area contributed by atoms with Gasteiger partial charge in [-0.1, -0.05) is 0 Å². The number of nitrogens with zero attached hydrogens (tertiary/aromatic N) is 1. The number of benzene rings is 1. The molecule has 3 aliphatic carbocycles. The van der Waals surface area contributed by atoms with Crippen LogP contribution in [0, 0.1) is 11.8 Å². The van der Waals surface area contributed by atoms with Gasteiger partial charge in [0, 0.05) is 35.2 Å². The molecule has 0 aromatic heterocycles. The molecular weight excluding hydrogens is 551 g/mol. The number of ether oxygens (including phenoxy) is 1. The number of Topliss-reactive ketones (excluding diaryl/α,β-unsaturated/α-hetero) is 2. The molecule has 14 heteroatoms. The van der Waals surface area contributed by atoms with Crippen LogP contribution in [0.1, 0.15) is 53.2 Å². The van der Waals surface area contributed by atoms with E-state index in [1.54, 1.807) is 4.90 Å². The molecule has 1 amide bonds. The highest BCUT2D eigenvalue weighted by molar-refractivity contribution is 6.24. The van der Waals surface area contributed by atoms with Gasteiger partial charge in [-0.15, -0.1) is 0 Å². The molecule has 1 heterocycles. The summed E-state index contributed by atoms with van der Waals surface area (Å²) in [6, 6.07) is -0.736. The SMILES string of the molecule is COc1c([C@@H]2CCCN2CCC(F)(F)F)cc(O)c2c1C[C@H]1C[C@H]3[C@H](N)C(O)=C(C(N)=O)C(=O)[C@@]3(O)C(O)=C1C2=O. The van der Waals surface area contributed by atoms with Crippen LogP contribution in [-0.2, 0) is 16.0 Å². The van der Waals surface area contributed by atoms with Gasteiger partial charge in [-0.25, -0.2) is 0 Å². The average molecular weight is 582 g/mol. The first-order valence-electron chi connectivity index (χ1n) is 13.1. The van der Waals surface area contributed by atoms with E-state index in [0.29, 0.717) is 24.9 Å². The van der Waals surface area contributed by atoms with Crippen molar-refractivity contribution in [1.29, 1.82) is 0 Å². The van der Waals surface area contributed by atoms with E-state index < -0.39 is 82.4 Å². The van der Waals surface area contributed by atoms with Gasteiger partial charge in [0.25, 0.3) is 5.91 Å². The van der Waals surface area contributed by atoms with Crippen LogP contribution in [0.4, 0.5) is 13.2 Å². The number of ketones is 2. The summed E-state index contributed by atoms with van der Waals surface area (Å²) >= 11 is 0. The Bertz CT molecular complexity index is 1420. The van der Waals surface area contributed by atoms with Crippen LogP contribution in [0.25, 0.3) is 0 Å². The minimum atomic E-state index is -4.35. The number of carbonyl (C=O) groups is 3. The number of likely N-dealkylation sites (tertiary alicyclic amines) is 1. The lowest BCUT2D eigenvalue weighted by molar-refractivity contribution is -0.145. The van der Waals surface area contributed by atoms with Crippen LogP contribution in [0.3, 0.4) is 0 Å². The number of phenols is 1. The van der Waals surface area contributed by atoms with Gasteiger partial charge in [0.2, 0.25) is 5.78 Å². The van der Waals surface area contributed by atoms with E-state index in [1.807, 2.05) is 0 Å². The molecule has 5 rings (SSSR count). The van der Waals surface area contributed by atoms with Crippen molar-refractivity contribution in [2.24, 2.45) is 23.3 Å². The molecule has 0 bridgehead atoms. The highest BCUT2D eigenvalue weighted by atomic mass is 19.4. The van der Waals surface area contributed by atoms with Gasteiger partial charge in [-0.2, -0.15) is 13.2 Å². The number of methoxy groups -OCH3 is 1. The van der Waals surface area contributed by atoms with Gasteiger partial charge < -0.3 is 36.6 Å². The molecule has 4 aliphatic rings. The predicted octanol–water partition coefficient (Wildman–Crippen LogP) is 1.62. The Hall–Kier alpha value is -3.62. The van der Waals surface area contributed by atoms with Crippen molar-refractivity contribution >= 4 is 17.5 Å². The predicted molar refractivity (Wildman–Crippen MR) is 135 cm³/mol. The minimum absolute atomic E-state index is 0.0268. The smallest absolute Gasteiger partial charge is 0.390 e. The number of hydrogen-bond donors (Lipinski definition) is 6. The highest BCUT2D eigenvalue weighted by Crippen LogP contribution is 2.53. The first kappa shape index (κ1) is 28.9. The average Bonchev–Trinajstić information content (AvgIpc) is 3.36. The zero-order valence-electron chi connectivity index (χ0n) is 22.0. The second-order valence-electron chi connectivity index (χ2n) is 11.0. The fourth-order valence-electron chi connectivity index (χ4n) is 6.99. The lowest BCUT2D eigenvalue weighted by atomic mass is 9.59. The molecule has 1 aliphatic heterocycles. The van der Waals surface area contributed by atoms with Crippen molar-refractivity contribution in [1.82, 2.24) is 4.90 Å². The number of primary amides is 1. The number of carbonyl (C=O) groups excluding carboxylic acids is 3. The summed E-state index contributed by atoms with van der Waals surface area (Å²) in [5.74, 6) is -8.03. The highest BCUT2D eigenvalue weighted by Gasteiger charge is 2.62. The van der Waals surface area contributed by atoms with Crippen LogP contribution >= 0.6 is 0 Å². The molecule has 1 saturated heterocycles. The molecule has 8 N–H and O–H groups in total. The molecule has 1 fully saturated rings. The maximum atomic E-state index is 13.8. The van der Waals surface area contributed by atoms with Crippen molar-refractivity contribution in [2.75, 3.05) is 20.2 Å². The Balaban J connectivity index is 1.60. The summed E-state index contributed by atoms with van der Waals surface area (Å²) in [5, 5.41) is 44.1. The van der Waals surface area contributed by atoms with Gasteiger partial charge in [0.15, 0.2) is 11.4 Å². The molecule has 11 nitrogen and oxygen atoms in total. The van der Waals surface area contributed by atoms with Gasteiger partial charge in [-0.05, 0) is 44.2 Å². The molecule has 0 spiro atoms. The van der Waals surface area contributed by atoms with Crippen molar-refractivity contribution in [3.63, 3.8) is 0 Å². The van der Waals surface area contributed by atoms with E-state index >= 15 is 0 Å². The number of fused-ring (bicyclic) bond motifs is 3. The number of nitrogens with two attached hydrogens (primary N) is 2. The quantitative estimate of drug-likeness (QED) is 0.278. The Kier molecular flexibility index (Phi) is 6.86. The maximum Gasteiger partial charge on any atom is 0.390 e. The molecule has 1 aromatic rings. The Morgan fingerprint density at radius 2 is 1.93 bits per heavy atom. The molecule has 41 heavy (non-hydrogen) atoms. The zero-order valence-corrected chi connectivity index (χ0v) is 22.0. The van der Waals surface area contributed by atoms with Crippen molar-refractivity contribution in [3.8, 4) is 11.5 Å². The number of alkyl halides is 3. The Labute approximate surface area is 231 Å². The number of aliphatic hydroxyl groups is 3. The molecule has 1 aromatic carbocycles. The lowest BCUT2D eigenvalue weighted by Crippen LogP contribution is -2.63. The molecular formula is C27H30F3N3O8. The second kappa shape index (κ2) is 9.74. The molecule has 0 saturated carbocycles. The summed E-state index contributed by atoms with van der Waals surface area (Å²) in [7, 11) is 1.34. The van der Waals surface area contributed by atoms with Crippen LogP contribution in [0.15, 0.2) is 28.7 Å². The summed E-state index contributed by atoms with van der Waals surface area (Å²) in [6.45, 7) is 0.147. The Morgan fingerprint density at radius 1 is 1.24 bits per heavy atom. The number of halogens is 3. The second-order valence-corrected chi connectivity index (χ2v) is 11.0. The molecule has 222 valence electrons. The fourth-order valence-corrected chi connectivity index (χ4v) is 6.99. The number of aliphatic hydroxyl groups excluding tert-OH is 2. The van der Waals surface area contributed by atoms with Crippen molar-refractivity contribution in [2.45, 2.75) is 56.0 Å². The van der Waals surface area contributed by atoms with E-state index in [1.165, 1.54) is 13.2 Å². The molecule has 5 atom stereocenters. The number of aromatic hydroxyl groups is 1. The van der Waals surface area contributed by atoms with Crippen LogP contribution < -0.4 is 16.2 Å². The zero-order chi connectivity index (χ0) is 30.2. The summed E-state index contributed by atoms with van der Waals surface area (Å²) < 4.78 is 44.5. The number of allylic oxidation sites excluding steroid dienone is 1. The van der Waals surface area contributed by atoms with Crippen molar-refractivity contribution < 1.29 is 52.7 Å². The number of phenolic OH excluding ortho intramolecular Hbond substituents is 1. The topological polar surface area (TPSA) is 197 Å². The van der Waals surface area contributed by atoms with E-state index in [-0.39, 0.29) is 41.8 Å². The third kappa shape index (κ3) is 4.27. The summed E-state index contributed by atoms with van der Waals surface area (Å²) in [6.07, 6.45) is -4.46. The maximum absolute atomic E-state index is 13.8. The normalized spacial score (nSPS) is 30.3. The summed E-state index contributed by atoms with van der Waals surface area (Å²) in [5.41, 5.74) is 7.56. The summed E-state index contributed by atoms with van der Waals surface area (Å²) in [4.78, 5) is 40.4. The largest absolute Gasteiger partial charge is 0.510 e. The Morgan fingerprint density at radius 3 is 2.54 bits per heavy atom. The van der Waals surface area contributed by atoms with E-state index in [0.717, 1.165) is 0 Å². The van der Waals surface area contributed by atoms with Gasteiger partial charge in [-0.3, -0.25) is 19.3 Å². The van der Waals surface area contributed by atoms with Crippen LogP contribution in [0.5, 0.6) is 11.5 Å². The lowest BCUT2D eigenvalue weighted by Gasteiger charge is -2.47. The third-order valence-corrected chi connectivity index (χ3v) is 8.84. The van der Waals surface area contributed by atoms with Crippen molar-refractivity contribution in [3.05, 3.63) is 45.4 Å².